The fraction of sp³-hybridized carbons (Fsp3) is 0.909. The van der Waals surface area contributed by atoms with Crippen molar-refractivity contribution in [2.24, 2.45) is 0 Å². The summed E-state index contributed by atoms with van der Waals surface area (Å²) in [4.78, 5) is 11.3. The third-order valence-corrected chi connectivity index (χ3v) is 3.39. The molecule has 0 unspecified atom stereocenters. The Kier molecular flexibility index (Phi) is 12.6. The van der Waals surface area contributed by atoms with E-state index in [2.05, 4.69) is 27.5 Å². The molecule has 90 valence electrons. The van der Waals surface area contributed by atoms with E-state index in [0.717, 1.165) is 31.1 Å². The van der Waals surface area contributed by atoms with E-state index in [1.54, 1.807) is 0 Å². The number of amides is 1. The highest BCUT2D eigenvalue weighted by Crippen LogP contribution is 2.02. The number of hydrogen-bond donors (Lipinski definition) is 1. The first-order chi connectivity index (χ1) is 7.31. The molecule has 0 fully saturated rings. The lowest BCUT2D eigenvalue weighted by atomic mass is 10.2. The van der Waals surface area contributed by atoms with E-state index in [1.807, 2.05) is 11.8 Å². The summed E-state index contributed by atoms with van der Waals surface area (Å²) < 4.78 is 0. The van der Waals surface area contributed by atoms with E-state index in [9.17, 15) is 4.79 Å². The van der Waals surface area contributed by atoms with Gasteiger partial charge >= 0.3 is 0 Å². The lowest BCUT2D eigenvalue weighted by molar-refractivity contribution is -0.121. The van der Waals surface area contributed by atoms with Crippen molar-refractivity contribution < 1.29 is 4.79 Å². The van der Waals surface area contributed by atoms with Gasteiger partial charge in [-0.1, -0.05) is 22.4 Å². The average Bonchev–Trinajstić information content (AvgIpc) is 2.23. The van der Waals surface area contributed by atoms with Gasteiger partial charge in [0.05, 0.1) is 0 Å². The molecule has 0 atom stereocenters. The predicted molar refractivity (Wildman–Crippen MR) is 72.9 cm³/mol. The van der Waals surface area contributed by atoms with Crippen LogP contribution in [0.4, 0.5) is 0 Å². The van der Waals surface area contributed by atoms with E-state index in [4.69, 9.17) is 0 Å². The van der Waals surface area contributed by atoms with Gasteiger partial charge in [0.2, 0.25) is 5.91 Å². The van der Waals surface area contributed by atoms with Gasteiger partial charge in [-0.15, -0.1) is 0 Å². The number of thioether (sulfide) groups is 1. The monoisotopic (exact) mass is 295 g/mol. The normalized spacial score (nSPS) is 10.3. The third-order valence-electron chi connectivity index (χ3n) is 2.13. The molecular formula is C11H22BrNOS. The Morgan fingerprint density at radius 2 is 2.00 bits per heavy atom. The number of halogens is 1. The summed E-state index contributed by atoms with van der Waals surface area (Å²) in [5.74, 6) is 1.44. The molecule has 0 aliphatic rings. The quantitative estimate of drug-likeness (QED) is 0.495. The smallest absolute Gasteiger partial charge is 0.219 e. The van der Waals surface area contributed by atoms with E-state index in [1.165, 1.54) is 18.6 Å². The molecule has 0 bridgehead atoms. The largest absolute Gasteiger partial charge is 0.356 e. The van der Waals surface area contributed by atoms with Crippen LogP contribution in [0.1, 0.15) is 38.5 Å². The average molecular weight is 296 g/mol. The van der Waals surface area contributed by atoms with Gasteiger partial charge in [-0.25, -0.2) is 0 Å². The summed E-state index contributed by atoms with van der Waals surface area (Å²) in [5.41, 5.74) is 0. The van der Waals surface area contributed by atoms with Crippen molar-refractivity contribution in [3.05, 3.63) is 0 Å². The van der Waals surface area contributed by atoms with Crippen LogP contribution in [-0.2, 0) is 4.79 Å². The van der Waals surface area contributed by atoms with E-state index < -0.39 is 0 Å². The van der Waals surface area contributed by atoms with Gasteiger partial charge < -0.3 is 5.32 Å². The zero-order valence-electron chi connectivity index (χ0n) is 9.56. The van der Waals surface area contributed by atoms with Gasteiger partial charge in [-0.2, -0.15) is 11.8 Å². The van der Waals surface area contributed by atoms with Crippen LogP contribution in [-0.4, -0.2) is 29.8 Å². The van der Waals surface area contributed by atoms with Crippen molar-refractivity contribution in [1.29, 1.82) is 0 Å². The Hall–Kier alpha value is 0.300. The van der Waals surface area contributed by atoms with Crippen molar-refractivity contribution >= 4 is 33.6 Å². The lowest BCUT2D eigenvalue weighted by Crippen LogP contribution is -2.24. The van der Waals surface area contributed by atoms with Crippen LogP contribution in [0.15, 0.2) is 0 Å². The molecule has 0 saturated carbocycles. The molecule has 1 N–H and O–H groups in total. The molecule has 0 aliphatic carbocycles. The van der Waals surface area contributed by atoms with Gasteiger partial charge in [-0.3, -0.25) is 4.79 Å². The van der Waals surface area contributed by atoms with Crippen molar-refractivity contribution in [2.45, 2.75) is 38.5 Å². The van der Waals surface area contributed by atoms with Crippen LogP contribution in [0.25, 0.3) is 0 Å². The first-order valence-electron chi connectivity index (χ1n) is 5.63. The Morgan fingerprint density at radius 3 is 2.67 bits per heavy atom. The molecule has 1 amide bonds. The van der Waals surface area contributed by atoms with Crippen LogP contribution in [0.5, 0.6) is 0 Å². The Balaban J connectivity index is 3.10. The summed E-state index contributed by atoms with van der Waals surface area (Å²) in [6.45, 7) is 0.849. The summed E-state index contributed by atoms with van der Waals surface area (Å²) in [7, 11) is 0. The molecule has 0 radical (unpaired) electrons. The zero-order chi connectivity index (χ0) is 11.4. The number of alkyl halides is 1. The molecule has 0 aromatic carbocycles. The maximum absolute atomic E-state index is 11.3. The van der Waals surface area contributed by atoms with Crippen molar-refractivity contribution in [2.75, 3.05) is 23.9 Å². The zero-order valence-corrected chi connectivity index (χ0v) is 12.0. The molecule has 0 heterocycles. The minimum atomic E-state index is 0.209. The first-order valence-corrected chi connectivity index (χ1v) is 8.14. The van der Waals surface area contributed by atoms with Crippen molar-refractivity contribution in [3.8, 4) is 0 Å². The molecule has 4 heteroatoms. The topological polar surface area (TPSA) is 29.1 Å². The molecule has 0 aromatic rings. The standard InChI is InChI=1S/C11H22BrNOS/c1-15-10-6-2-5-9-13-11(14)7-3-4-8-12/h2-10H2,1H3,(H,13,14). The molecule has 0 spiro atoms. The van der Waals surface area contributed by atoms with E-state index in [-0.39, 0.29) is 5.91 Å². The molecule has 2 nitrogen and oxygen atoms in total. The Bertz CT molecular complexity index is 156. The summed E-state index contributed by atoms with van der Waals surface area (Å²) in [6.07, 6.45) is 8.49. The fourth-order valence-corrected chi connectivity index (χ4v) is 2.13. The molecule has 0 rings (SSSR count). The van der Waals surface area contributed by atoms with Crippen LogP contribution >= 0.6 is 27.7 Å². The van der Waals surface area contributed by atoms with E-state index >= 15 is 0 Å². The number of unbranched alkanes of at least 4 members (excludes halogenated alkanes) is 3. The number of nitrogens with one attached hydrogen (secondary N) is 1. The molecule has 0 aliphatic heterocycles. The van der Waals surface area contributed by atoms with Crippen molar-refractivity contribution in [1.82, 2.24) is 5.32 Å². The van der Waals surface area contributed by atoms with Crippen molar-refractivity contribution in [3.63, 3.8) is 0 Å². The second-order valence-electron chi connectivity index (χ2n) is 3.55. The maximum Gasteiger partial charge on any atom is 0.219 e. The van der Waals surface area contributed by atoms with Crippen LogP contribution in [0.3, 0.4) is 0 Å². The number of carbonyl (C=O) groups is 1. The SMILES string of the molecule is CSCCCCCNC(=O)CCCCBr. The van der Waals surface area contributed by atoms with Crippen LogP contribution < -0.4 is 5.32 Å². The minimum absolute atomic E-state index is 0.209. The highest BCUT2D eigenvalue weighted by Gasteiger charge is 1.99. The highest BCUT2D eigenvalue weighted by atomic mass is 79.9. The molecule has 15 heavy (non-hydrogen) atoms. The van der Waals surface area contributed by atoms with Gasteiger partial charge in [0.15, 0.2) is 0 Å². The number of carbonyl (C=O) groups excluding carboxylic acids is 1. The molecular weight excluding hydrogens is 274 g/mol. The Labute approximate surface area is 106 Å². The highest BCUT2D eigenvalue weighted by molar-refractivity contribution is 9.09. The summed E-state index contributed by atoms with van der Waals surface area (Å²) in [5, 5.41) is 3.95. The Morgan fingerprint density at radius 1 is 1.20 bits per heavy atom. The minimum Gasteiger partial charge on any atom is -0.356 e. The van der Waals surface area contributed by atoms with Gasteiger partial charge in [0.1, 0.15) is 0 Å². The fourth-order valence-electron chi connectivity index (χ4n) is 1.24. The van der Waals surface area contributed by atoms with Crippen LogP contribution in [0.2, 0.25) is 0 Å². The number of rotatable bonds is 10. The molecule has 0 saturated heterocycles. The number of hydrogen-bond acceptors (Lipinski definition) is 2. The predicted octanol–water partition coefficient (Wildman–Crippen LogP) is 3.20. The van der Waals surface area contributed by atoms with Crippen LogP contribution in [0, 0.1) is 0 Å². The van der Waals surface area contributed by atoms with Gasteiger partial charge in [0.25, 0.3) is 0 Å². The maximum atomic E-state index is 11.3. The van der Waals surface area contributed by atoms with Gasteiger partial charge in [-0.05, 0) is 37.7 Å². The first kappa shape index (κ1) is 15.3. The lowest BCUT2D eigenvalue weighted by Gasteiger charge is -2.04. The second kappa shape index (κ2) is 12.4. The van der Waals surface area contributed by atoms with E-state index in [0.29, 0.717) is 6.42 Å². The van der Waals surface area contributed by atoms with Gasteiger partial charge in [0, 0.05) is 18.3 Å². The third kappa shape index (κ3) is 12.2. The summed E-state index contributed by atoms with van der Waals surface area (Å²) >= 11 is 5.24. The molecule has 0 aromatic heterocycles. The second-order valence-corrected chi connectivity index (χ2v) is 5.33. The summed E-state index contributed by atoms with van der Waals surface area (Å²) in [6, 6.07) is 0.